The maximum atomic E-state index is 13.2. The highest BCUT2D eigenvalue weighted by Gasteiger charge is 2.71. The Morgan fingerprint density at radius 2 is 1.69 bits per heavy atom. The van der Waals surface area contributed by atoms with Gasteiger partial charge in [-0.05, 0) is 81.6 Å². The molecule has 14 heteroatoms. The van der Waals surface area contributed by atoms with Crippen LogP contribution in [0.4, 0.5) is 0 Å². The van der Waals surface area contributed by atoms with Crippen molar-refractivity contribution in [2.24, 2.45) is 28.6 Å². The number of aldehydes is 1. The van der Waals surface area contributed by atoms with Crippen LogP contribution < -0.4 is 0 Å². The van der Waals surface area contributed by atoms with Gasteiger partial charge in [0.1, 0.15) is 43.4 Å². The van der Waals surface area contributed by atoms with Crippen LogP contribution >= 0.6 is 0 Å². The molecule has 0 bridgehead atoms. The van der Waals surface area contributed by atoms with Gasteiger partial charge in [-0.1, -0.05) is 6.92 Å². The number of hydrogen-bond donors (Lipinski definition) is 7. The van der Waals surface area contributed by atoms with E-state index >= 15 is 0 Å². The molecule has 4 saturated carbocycles. The van der Waals surface area contributed by atoms with E-state index in [2.05, 4.69) is 6.92 Å². The van der Waals surface area contributed by atoms with Gasteiger partial charge in [-0.15, -0.1) is 0 Å². The Balaban J connectivity index is 1.00. The Kier molecular flexibility index (Phi) is 9.38. The molecule has 3 heterocycles. The topological polar surface area (TPSA) is 222 Å². The molecule has 7 N–H and O–H groups in total. The van der Waals surface area contributed by atoms with Crippen LogP contribution in [0.15, 0.2) is 11.6 Å². The highest BCUT2D eigenvalue weighted by Crippen LogP contribution is 2.70. The van der Waals surface area contributed by atoms with Gasteiger partial charge in [-0.25, -0.2) is 4.79 Å². The van der Waals surface area contributed by atoms with Gasteiger partial charge >= 0.3 is 5.97 Å². The van der Waals surface area contributed by atoms with Crippen LogP contribution in [0, 0.1) is 28.6 Å². The molecule has 0 amide bonds. The van der Waals surface area contributed by atoms with E-state index in [0.717, 1.165) is 18.3 Å². The molecular formula is C35H52O14. The molecule has 4 aliphatic carbocycles. The van der Waals surface area contributed by atoms with E-state index in [1.165, 1.54) is 0 Å². The lowest BCUT2D eigenvalue weighted by Crippen LogP contribution is -2.69. The quantitative estimate of drug-likeness (QED) is 0.102. The highest BCUT2D eigenvalue weighted by molar-refractivity contribution is 5.85. The van der Waals surface area contributed by atoms with Gasteiger partial charge in [-0.2, -0.15) is 0 Å². The monoisotopic (exact) mass is 696 g/mol. The van der Waals surface area contributed by atoms with E-state index in [4.69, 9.17) is 23.7 Å². The summed E-state index contributed by atoms with van der Waals surface area (Å²) < 4.78 is 28.9. The zero-order valence-corrected chi connectivity index (χ0v) is 28.1. The van der Waals surface area contributed by atoms with Crippen LogP contribution in [0.25, 0.3) is 0 Å². The molecule has 3 aliphatic heterocycles. The van der Waals surface area contributed by atoms with Crippen molar-refractivity contribution in [3.63, 3.8) is 0 Å². The molecule has 0 aromatic rings. The van der Waals surface area contributed by atoms with Crippen LogP contribution in [0.1, 0.15) is 78.1 Å². The Labute approximate surface area is 285 Å². The molecule has 276 valence electrons. The Bertz CT molecular complexity index is 1300. The Hall–Kier alpha value is -1.56. The van der Waals surface area contributed by atoms with Crippen molar-refractivity contribution in [3.05, 3.63) is 11.6 Å². The minimum absolute atomic E-state index is 0.00470. The molecule has 49 heavy (non-hydrogen) atoms. The molecule has 0 radical (unpaired) electrons. The standard InChI is InChI=1S/C35H52O14/c1-17-30(49-31-29(42)28(41)27(40)24(14-36)48-31)23(38)12-26(46-17)47-19-3-8-33(16-37)21-4-7-32(2)20(18-11-25(39)45-15-18)6-10-35(32,44)22(21)5-9-34(33,43)13-19/h11,16-17,19-24,26-31,36,38,40-44H,3-10,12-15H2,1-2H3/t17-,19-,20-,21+,22-,23+,24-,26+,27-,28+,29-,30-,31-,32-,33+,34+,35+/m1/s1. The first-order valence-corrected chi connectivity index (χ1v) is 17.9. The van der Waals surface area contributed by atoms with Crippen molar-refractivity contribution in [2.75, 3.05) is 13.2 Å². The molecule has 6 fully saturated rings. The SMILES string of the molecule is C[C@H]1O[C@@H](O[C@@H]2CC[C@]3(C=O)[C@H]4CC[C@]5(C)[C@@H](C6=CC(=O)OC6)CC[C@]5(O)[C@@H]4CC[C@]3(O)C2)C[C@H](O)[C@@H]1O[C@H]1O[C@H](CO)[C@@H](O)[C@H](O)[C@H]1O. The van der Waals surface area contributed by atoms with Crippen molar-refractivity contribution in [1.29, 1.82) is 0 Å². The van der Waals surface area contributed by atoms with Crippen molar-refractivity contribution in [1.82, 2.24) is 0 Å². The number of aliphatic hydroxyl groups is 7. The zero-order chi connectivity index (χ0) is 35.1. The smallest absolute Gasteiger partial charge is 0.331 e. The summed E-state index contributed by atoms with van der Waals surface area (Å²) in [6.07, 6.45) is -4.38. The van der Waals surface area contributed by atoms with Gasteiger partial charge in [-0.3, -0.25) is 0 Å². The molecule has 17 atom stereocenters. The van der Waals surface area contributed by atoms with E-state index in [0.29, 0.717) is 44.9 Å². The summed E-state index contributed by atoms with van der Waals surface area (Å²) in [7, 11) is 0. The van der Waals surface area contributed by atoms with Crippen molar-refractivity contribution < 1.29 is 69.0 Å². The maximum absolute atomic E-state index is 13.2. The van der Waals surface area contributed by atoms with Crippen LogP contribution in [0.5, 0.6) is 0 Å². The molecule has 0 spiro atoms. The minimum atomic E-state index is -1.62. The molecule has 0 unspecified atom stereocenters. The van der Waals surface area contributed by atoms with Gasteiger partial charge < -0.3 is 64.2 Å². The summed E-state index contributed by atoms with van der Waals surface area (Å²) >= 11 is 0. The average molecular weight is 697 g/mol. The third-order valence-corrected chi connectivity index (χ3v) is 14.0. The summed E-state index contributed by atoms with van der Waals surface area (Å²) in [5.74, 6) is -0.688. The van der Waals surface area contributed by atoms with Crippen LogP contribution in [0.2, 0.25) is 0 Å². The fraction of sp³-hybridized carbons (Fsp3) is 0.886. The normalized spacial score (nSPS) is 54.3. The molecule has 0 aromatic carbocycles. The summed E-state index contributed by atoms with van der Waals surface area (Å²) in [6.45, 7) is 3.42. The average Bonchev–Trinajstić information content (AvgIpc) is 3.61. The second-order valence-corrected chi connectivity index (χ2v) is 16.1. The molecule has 7 rings (SSSR count). The third-order valence-electron chi connectivity index (χ3n) is 14.0. The van der Waals surface area contributed by atoms with Gasteiger partial charge in [0.2, 0.25) is 0 Å². The summed E-state index contributed by atoms with van der Waals surface area (Å²) in [6, 6.07) is 0. The highest BCUT2D eigenvalue weighted by atomic mass is 16.7. The Morgan fingerprint density at radius 1 is 0.939 bits per heavy atom. The van der Waals surface area contributed by atoms with E-state index in [1.54, 1.807) is 13.0 Å². The molecule has 0 aromatic heterocycles. The number of esters is 1. The van der Waals surface area contributed by atoms with Gasteiger partial charge in [0.25, 0.3) is 0 Å². The third kappa shape index (κ3) is 5.47. The number of aliphatic hydroxyl groups excluding tert-OH is 5. The fourth-order valence-corrected chi connectivity index (χ4v) is 11.3. The number of hydrogen-bond acceptors (Lipinski definition) is 14. The van der Waals surface area contributed by atoms with Crippen LogP contribution in [0.3, 0.4) is 0 Å². The lowest BCUT2D eigenvalue weighted by molar-refractivity contribution is -0.345. The molecular weight excluding hydrogens is 644 g/mol. The molecule has 14 nitrogen and oxygen atoms in total. The number of ether oxygens (including phenoxy) is 5. The number of fused-ring (bicyclic) bond motifs is 5. The first-order valence-electron chi connectivity index (χ1n) is 17.9. The minimum Gasteiger partial charge on any atom is -0.458 e. The van der Waals surface area contributed by atoms with E-state index < -0.39 is 90.1 Å². The van der Waals surface area contributed by atoms with E-state index in [1.807, 2.05) is 0 Å². The lowest BCUT2D eigenvalue weighted by atomic mass is 9.41. The molecule has 7 aliphatic rings. The number of cyclic esters (lactones) is 1. The van der Waals surface area contributed by atoms with E-state index in [-0.39, 0.29) is 43.2 Å². The fourth-order valence-electron chi connectivity index (χ4n) is 11.3. The second-order valence-electron chi connectivity index (χ2n) is 16.1. The first kappa shape index (κ1) is 35.8. The van der Waals surface area contributed by atoms with Crippen molar-refractivity contribution in [2.45, 2.75) is 151 Å². The van der Waals surface area contributed by atoms with Gasteiger partial charge in [0.05, 0.1) is 41.5 Å². The van der Waals surface area contributed by atoms with Crippen LogP contribution in [-0.4, -0.2) is 134 Å². The summed E-state index contributed by atoms with van der Waals surface area (Å²) in [5, 5.41) is 75.9. The van der Waals surface area contributed by atoms with Crippen LogP contribution in [-0.2, 0) is 33.3 Å². The number of rotatable bonds is 7. The first-order chi connectivity index (χ1) is 23.2. The number of carbonyl (C=O) groups is 2. The summed E-state index contributed by atoms with van der Waals surface area (Å²) in [5.41, 5.74) is -2.94. The van der Waals surface area contributed by atoms with E-state index in [9.17, 15) is 45.3 Å². The Morgan fingerprint density at radius 3 is 2.37 bits per heavy atom. The number of carbonyl (C=O) groups excluding carboxylic acids is 2. The predicted molar refractivity (Wildman–Crippen MR) is 166 cm³/mol. The largest absolute Gasteiger partial charge is 0.458 e. The maximum Gasteiger partial charge on any atom is 0.331 e. The van der Waals surface area contributed by atoms with Gasteiger partial charge in [0, 0.05) is 24.3 Å². The second kappa shape index (κ2) is 12.8. The lowest BCUT2D eigenvalue weighted by Gasteiger charge is -2.65. The summed E-state index contributed by atoms with van der Waals surface area (Å²) in [4.78, 5) is 25.0. The van der Waals surface area contributed by atoms with Crippen molar-refractivity contribution in [3.8, 4) is 0 Å². The van der Waals surface area contributed by atoms with Crippen molar-refractivity contribution >= 4 is 12.3 Å². The predicted octanol–water partition coefficient (Wildman–Crippen LogP) is -0.397. The zero-order valence-electron chi connectivity index (χ0n) is 28.1. The van der Waals surface area contributed by atoms with Gasteiger partial charge in [0.15, 0.2) is 12.6 Å². The molecule has 2 saturated heterocycles.